The quantitative estimate of drug-likeness (QED) is 0.689. The van der Waals surface area contributed by atoms with E-state index >= 15 is 0 Å². The zero-order valence-corrected chi connectivity index (χ0v) is 11.5. The van der Waals surface area contributed by atoms with Crippen LogP contribution in [0, 0.1) is 10.1 Å². The van der Waals surface area contributed by atoms with Gasteiger partial charge in [0.2, 0.25) is 0 Å². The lowest BCUT2D eigenvalue weighted by Gasteiger charge is -2.08. The van der Waals surface area contributed by atoms with E-state index in [1.807, 2.05) is 12.1 Å². The summed E-state index contributed by atoms with van der Waals surface area (Å²) in [5.74, 6) is 0.994. The van der Waals surface area contributed by atoms with Crippen molar-refractivity contribution in [3.63, 3.8) is 0 Å². The molecule has 2 N–H and O–H groups in total. The number of hydrogen-bond acceptors (Lipinski definition) is 4. The van der Waals surface area contributed by atoms with Crippen molar-refractivity contribution in [3.8, 4) is 11.5 Å². The van der Waals surface area contributed by atoms with Crippen LogP contribution in [0.3, 0.4) is 0 Å². The summed E-state index contributed by atoms with van der Waals surface area (Å²) in [6.45, 7) is 0.459. The van der Waals surface area contributed by atoms with Crippen molar-refractivity contribution < 1.29 is 9.66 Å². The zero-order chi connectivity index (χ0) is 13.8. The highest BCUT2D eigenvalue weighted by molar-refractivity contribution is 9.10. The fourth-order valence-corrected chi connectivity index (χ4v) is 1.83. The molecule has 0 aliphatic heterocycles. The van der Waals surface area contributed by atoms with Gasteiger partial charge in [-0.15, -0.1) is 0 Å². The van der Waals surface area contributed by atoms with Gasteiger partial charge in [0, 0.05) is 12.6 Å². The lowest BCUT2D eigenvalue weighted by molar-refractivity contribution is -0.384. The Bertz CT molecular complexity index is 599. The van der Waals surface area contributed by atoms with Crippen molar-refractivity contribution in [1.29, 1.82) is 0 Å². The van der Waals surface area contributed by atoms with Crippen molar-refractivity contribution in [2.24, 2.45) is 5.73 Å². The Morgan fingerprint density at radius 1 is 1.21 bits per heavy atom. The van der Waals surface area contributed by atoms with E-state index in [-0.39, 0.29) is 5.69 Å². The molecule has 0 saturated heterocycles. The molecule has 98 valence electrons. The topological polar surface area (TPSA) is 78.4 Å². The number of nitrogens with zero attached hydrogens (tertiary/aromatic N) is 1. The molecule has 19 heavy (non-hydrogen) atoms. The third-order valence-electron chi connectivity index (χ3n) is 2.51. The number of nitrogens with two attached hydrogens (primary N) is 1. The number of nitro benzene ring substituents is 1. The standard InChI is InChI=1S/C13H11BrN2O3/c14-12-6-3-10(16(17)18)7-13(12)19-11-4-1-9(8-15)2-5-11/h1-7H,8,15H2. The van der Waals surface area contributed by atoms with Gasteiger partial charge in [-0.2, -0.15) is 0 Å². The molecule has 0 atom stereocenters. The highest BCUT2D eigenvalue weighted by Gasteiger charge is 2.11. The average molecular weight is 323 g/mol. The molecule has 0 aliphatic rings. The van der Waals surface area contributed by atoms with E-state index in [9.17, 15) is 10.1 Å². The molecule has 0 heterocycles. The second-order valence-corrected chi connectivity index (χ2v) is 4.68. The van der Waals surface area contributed by atoms with E-state index in [1.165, 1.54) is 12.1 Å². The molecule has 2 rings (SSSR count). The summed E-state index contributed by atoms with van der Waals surface area (Å²) < 4.78 is 6.26. The maximum atomic E-state index is 10.7. The molecule has 0 aliphatic carbocycles. The minimum atomic E-state index is -0.461. The van der Waals surface area contributed by atoms with Gasteiger partial charge in [-0.25, -0.2) is 0 Å². The average Bonchev–Trinajstić information content (AvgIpc) is 2.42. The van der Waals surface area contributed by atoms with Crippen LogP contribution >= 0.6 is 15.9 Å². The number of halogens is 1. The van der Waals surface area contributed by atoms with E-state index in [2.05, 4.69) is 15.9 Å². The second-order valence-electron chi connectivity index (χ2n) is 3.82. The van der Waals surface area contributed by atoms with Crippen LogP contribution in [-0.2, 0) is 6.54 Å². The van der Waals surface area contributed by atoms with Gasteiger partial charge < -0.3 is 10.5 Å². The van der Waals surface area contributed by atoms with E-state index in [0.29, 0.717) is 22.5 Å². The number of nitro groups is 1. The molecule has 0 bridgehead atoms. The van der Waals surface area contributed by atoms with Crippen LogP contribution in [-0.4, -0.2) is 4.92 Å². The SMILES string of the molecule is NCc1ccc(Oc2cc([N+](=O)[O-])ccc2Br)cc1. The highest BCUT2D eigenvalue weighted by Crippen LogP contribution is 2.32. The summed E-state index contributed by atoms with van der Waals surface area (Å²) in [4.78, 5) is 10.3. The summed E-state index contributed by atoms with van der Waals surface area (Å²) in [7, 11) is 0. The Kier molecular flexibility index (Phi) is 4.13. The molecular formula is C13H11BrN2O3. The highest BCUT2D eigenvalue weighted by atomic mass is 79.9. The van der Waals surface area contributed by atoms with Crippen molar-refractivity contribution in [2.45, 2.75) is 6.54 Å². The third-order valence-corrected chi connectivity index (χ3v) is 3.17. The Labute approximate surface area is 118 Å². The van der Waals surface area contributed by atoms with Gasteiger partial charge in [-0.05, 0) is 39.7 Å². The molecule has 2 aromatic carbocycles. The van der Waals surface area contributed by atoms with Crippen LogP contribution in [0.2, 0.25) is 0 Å². The first-order chi connectivity index (χ1) is 9.10. The van der Waals surface area contributed by atoms with Crippen LogP contribution in [0.5, 0.6) is 11.5 Å². The van der Waals surface area contributed by atoms with Gasteiger partial charge in [-0.1, -0.05) is 12.1 Å². The van der Waals surface area contributed by atoms with Gasteiger partial charge >= 0.3 is 0 Å². The van der Waals surface area contributed by atoms with Crippen molar-refractivity contribution in [1.82, 2.24) is 0 Å². The molecule has 0 fully saturated rings. The van der Waals surface area contributed by atoms with Crippen LogP contribution in [0.25, 0.3) is 0 Å². The minimum Gasteiger partial charge on any atom is -0.456 e. The number of benzene rings is 2. The van der Waals surface area contributed by atoms with Gasteiger partial charge in [0.1, 0.15) is 11.5 Å². The summed E-state index contributed by atoms with van der Waals surface area (Å²) >= 11 is 3.30. The number of ether oxygens (including phenoxy) is 1. The molecule has 0 saturated carbocycles. The predicted molar refractivity (Wildman–Crippen MR) is 75.2 cm³/mol. The van der Waals surface area contributed by atoms with Crippen LogP contribution in [0.4, 0.5) is 5.69 Å². The van der Waals surface area contributed by atoms with Crippen molar-refractivity contribution in [3.05, 3.63) is 62.6 Å². The summed E-state index contributed by atoms with van der Waals surface area (Å²) in [5, 5.41) is 10.7. The normalized spacial score (nSPS) is 10.2. The first kappa shape index (κ1) is 13.5. The summed E-state index contributed by atoms with van der Waals surface area (Å²) in [5.41, 5.74) is 6.48. The molecule has 6 heteroatoms. The second kappa shape index (κ2) is 5.81. The molecule has 0 spiro atoms. The van der Waals surface area contributed by atoms with Crippen LogP contribution in [0.15, 0.2) is 46.9 Å². The fraction of sp³-hybridized carbons (Fsp3) is 0.0769. The predicted octanol–water partition coefficient (Wildman–Crippen LogP) is 3.61. The Balaban J connectivity index is 2.26. The Morgan fingerprint density at radius 3 is 2.47 bits per heavy atom. The maximum Gasteiger partial charge on any atom is 0.273 e. The van der Waals surface area contributed by atoms with E-state index in [1.54, 1.807) is 18.2 Å². The Hall–Kier alpha value is -1.92. The van der Waals surface area contributed by atoms with E-state index in [0.717, 1.165) is 5.56 Å². The molecule has 0 amide bonds. The lowest BCUT2D eigenvalue weighted by atomic mass is 10.2. The largest absolute Gasteiger partial charge is 0.456 e. The maximum absolute atomic E-state index is 10.7. The van der Waals surface area contributed by atoms with Crippen molar-refractivity contribution in [2.75, 3.05) is 0 Å². The van der Waals surface area contributed by atoms with Crippen LogP contribution < -0.4 is 10.5 Å². The van der Waals surface area contributed by atoms with E-state index < -0.39 is 4.92 Å². The molecule has 0 aromatic heterocycles. The summed E-state index contributed by atoms with van der Waals surface area (Å²) in [6, 6.07) is 11.6. The fourth-order valence-electron chi connectivity index (χ4n) is 1.50. The molecular weight excluding hydrogens is 312 g/mol. The molecule has 2 aromatic rings. The van der Waals surface area contributed by atoms with Gasteiger partial charge in [0.25, 0.3) is 5.69 Å². The Morgan fingerprint density at radius 2 is 1.89 bits per heavy atom. The lowest BCUT2D eigenvalue weighted by Crippen LogP contribution is -1.95. The van der Waals surface area contributed by atoms with Gasteiger partial charge in [0.05, 0.1) is 15.5 Å². The molecule has 5 nitrogen and oxygen atoms in total. The van der Waals surface area contributed by atoms with Crippen molar-refractivity contribution >= 4 is 21.6 Å². The van der Waals surface area contributed by atoms with Gasteiger partial charge in [0.15, 0.2) is 0 Å². The monoisotopic (exact) mass is 322 g/mol. The van der Waals surface area contributed by atoms with Gasteiger partial charge in [-0.3, -0.25) is 10.1 Å². The number of non-ortho nitro benzene ring substituents is 1. The van der Waals surface area contributed by atoms with Crippen LogP contribution in [0.1, 0.15) is 5.56 Å². The molecule has 0 radical (unpaired) electrons. The first-order valence-electron chi connectivity index (χ1n) is 5.51. The molecule has 0 unspecified atom stereocenters. The first-order valence-corrected chi connectivity index (χ1v) is 6.30. The minimum absolute atomic E-state index is 0.0169. The number of hydrogen-bond donors (Lipinski definition) is 1. The van der Waals surface area contributed by atoms with E-state index in [4.69, 9.17) is 10.5 Å². The summed E-state index contributed by atoms with van der Waals surface area (Å²) in [6.07, 6.45) is 0. The smallest absolute Gasteiger partial charge is 0.273 e. The zero-order valence-electron chi connectivity index (χ0n) is 9.88. The third kappa shape index (κ3) is 3.30. The number of rotatable bonds is 4.